The van der Waals surface area contributed by atoms with Gasteiger partial charge in [0.15, 0.2) is 0 Å². The summed E-state index contributed by atoms with van der Waals surface area (Å²) < 4.78 is 68.9. The van der Waals surface area contributed by atoms with Gasteiger partial charge in [-0.25, -0.2) is 0 Å². The fourth-order valence-corrected chi connectivity index (χ4v) is 7.05. The molecular formula is C32H21F3O3S2. The first-order valence-electron chi connectivity index (χ1n) is 12.3. The van der Waals surface area contributed by atoms with E-state index < -0.39 is 26.8 Å². The number of fused-ring (bicyclic) bond motifs is 3. The van der Waals surface area contributed by atoms with Gasteiger partial charge in [-0.15, -0.1) is 11.3 Å². The highest BCUT2D eigenvalue weighted by Gasteiger charge is 2.48. The van der Waals surface area contributed by atoms with E-state index in [1.54, 1.807) is 23.5 Å². The van der Waals surface area contributed by atoms with Crippen molar-refractivity contribution in [3.8, 4) is 5.75 Å². The van der Waals surface area contributed by atoms with Gasteiger partial charge in [0.2, 0.25) is 0 Å². The fourth-order valence-electron chi connectivity index (χ4n) is 5.32. The minimum atomic E-state index is -5.80. The van der Waals surface area contributed by atoms with E-state index in [0.29, 0.717) is 0 Å². The van der Waals surface area contributed by atoms with Crippen LogP contribution in [-0.4, -0.2) is 13.9 Å². The second-order valence-corrected chi connectivity index (χ2v) is 11.9. The molecule has 1 heterocycles. The van der Waals surface area contributed by atoms with Crippen LogP contribution in [0.1, 0.15) is 22.3 Å². The first-order valence-corrected chi connectivity index (χ1v) is 14.6. The van der Waals surface area contributed by atoms with Gasteiger partial charge in [0.05, 0.1) is 5.41 Å². The number of thiophene rings is 1. The Morgan fingerprint density at radius 3 is 1.70 bits per heavy atom. The molecule has 0 aliphatic carbocycles. The first-order chi connectivity index (χ1) is 19.2. The molecular weight excluding hydrogens is 553 g/mol. The molecule has 8 heteroatoms. The van der Waals surface area contributed by atoms with Crippen LogP contribution in [0.15, 0.2) is 127 Å². The van der Waals surface area contributed by atoms with Crippen molar-refractivity contribution in [3.05, 3.63) is 150 Å². The Bertz CT molecular complexity index is 1870. The van der Waals surface area contributed by atoms with Gasteiger partial charge in [0.1, 0.15) is 5.75 Å². The smallest absolute Gasteiger partial charge is 0.376 e. The summed E-state index contributed by atoms with van der Waals surface area (Å²) in [6.07, 6.45) is 0. The van der Waals surface area contributed by atoms with Gasteiger partial charge in [0, 0.05) is 20.2 Å². The van der Waals surface area contributed by atoms with Crippen molar-refractivity contribution in [3.63, 3.8) is 0 Å². The molecule has 0 saturated carbocycles. The lowest BCUT2D eigenvalue weighted by atomic mass is 9.65. The minimum Gasteiger partial charge on any atom is -0.376 e. The Labute approximate surface area is 233 Å². The Hall–Kier alpha value is -4.14. The molecule has 6 rings (SSSR count). The van der Waals surface area contributed by atoms with Crippen molar-refractivity contribution in [2.75, 3.05) is 0 Å². The van der Waals surface area contributed by atoms with E-state index in [4.69, 9.17) is 0 Å². The molecule has 6 aromatic rings. The standard InChI is InChI=1S/C32H21F3O3S2/c33-32(34,35)40(36,37)38-25-20-18-24(19-21-25)31(22-10-3-1-4-11-22,23-12-5-2-6-13-23)28-16-9-15-27-26-14-7-8-17-29(26)39-30(27)28/h1-21H. The minimum absolute atomic E-state index is 0.420. The molecule has 0 radical (unpaired) electrons. The van der Waals surface area contributed by atoms with Gasteiger partial charge in [-0.05, 0) is 40.5 Å². The van der Waals surface area contributed by atoms with E-state index in [2.05, 4.69) is 28.4 Å². The Morgan fingerprint density at radius 2 is 1.10 bits per heavy atom. The SMILES string of the molecule is O=S(=O)(Oc1ccc(C(c2ccccc2)(c2ccccc2)c2cccc3c2sc2ccccc23)cc1)C(F)(F)F. The highest BCUT2D eigenvalue weighted by Crippen LogP contribution is 2.50. The second-order valence-electron chi connectivity index (χ2n) is 9.27. The number of rotatable bonds is 6. The van der Waals surface area contributed by atoms with E-state index in [9.17, 15) is 21.6 Å². The molecule has 0 N–H and O–H groups in total. The predicted octanol–water partition coefficient (Wildman–Crippen LogP) is 8.67. The quantitative estimate of drug-likeness (QED) is 0.114. The summed E-state index contributed by atoms with van der Waals surface area (Å²) in [6, 6.07) is 40.0. The van der Waals surface area contributed by atoms with Gasteiger partial charge in [0.25, 0.3) is 0 Å². The largest absolute Gasteiger partial charge is 0.534 e. The van der Waals surface area contributed by atoms with Crippen LogP contribution in [0.5, 0.6) is 5.75 Å². The number of halogens is 3. The summed E-state index contributed by atoms with van der Waals surface area (Å²) in [5.41, 5.74) is -2.78. The predicted molar refractivity (Wildman–Crippen MR) is 153 cm³/mol. The number of hydrogen-bond acceptors (Lipinski definition) is 4. The maximum atomic E-state index is 13.0. The van der Waals surface area contributed by atoms with Crippen molar-refractivity contribution in [2.45, 2.75) is 10.9 Å². The average molecular weight is 575 g/mol. The van der Waals surface area contributed by atoms with Gasteiger partial charge in [-0.1, -0.05) is 109 Å². The highest BCUT2D eigenvalue weighted by atomic mass is 32.2. The molecule has 3 nitrogen and oxygen atoms in total. The van der Waals surface area contributed by atoms with E-state index in [1.165, 1.54) is 12.1 Å². The molecule has 0 amide bonds. The number of hydrogen-bond donors (Lipinski definition) is 0. The molecule has 0 unspecified atom stereocenters. The molecule has 200 valence electrons. The van der Waals surface area contributed by atoms with Gasteiger partial charge >= 0.3 is 15.6 Å². The molecule has 5 aromatic carbocycles. The summed E-state index contributed by atoms with van der Waals surface area (Å²) in [6.45, 7) is 0. The third-order valence-electron chi connectivity index (χ3n) is 7.00. The van der Waals surface area contributed by atoms with E-state index >= 15 is 0 Å². The van der Waals surface area contributed by atoms with E-state index in [1.807, 2.05) is 78.9 Å². The van der Waals surface area contributed by atoms with Crippen LogP contribution in [0.2, 0.25) is 0 Å². The normalized spacial score (nSPS) is 12.6. The van der Waals surface area contributed by atoms with Crippen LogP contribution in [0.25, 0.3) is 20.2 Å². The maximum Gasteiger partial charge on any atom is 0.534 e. The summed E-state index contributed by atoms with van der Waals surface area (Å²) in [5, 5.41) is 2.24. The van der Waals surface area contributed by atoms with Crippen LogP contribution >= 0.6 is 11.3 Å². The zero-order chi connectivity index (χ0) is 28.0. The van der Waals surface area contributed by atoms with Gasteiger partial charge < -0.3 is 4.18 Å². The molecule has 40 heavy (non-hydrogen) atoms. The van der Waals surface area contributed by atoms with Crippen molar-refractivity contribution in [2.24, 2.45) is 0 Å². The Kier molecular flexibility index (Phi) is 6.40. The summed E-state index contributed by atoms with van der Waals surface area (Å²) in [5.74, 6) is -0.420. The lowest BCUT2D eigenvalue weighted by molar-refractivity contribution is -0.0500. The number of benzene rings is 5. The molecule has 0 atom stereocenters. The van der Waals surface area contributed by atoms with Crippen LogP contribution in [-0.2, 0) is 15.5 Å². The zero-order valence-electron chi connectivity index (χ0n) is 20.8. The number of alkyl halides is 3. The zero-order valence-corrected chi connectivity index (χ0v) is 22.4. The molecule has 1 aromatic heterocycles. The van der Waals surface area contributed by atoms with Crippen molar-refractivity contribution >= 4 is 41.6 Å². The van der Waals surface area contributed by atoms with Crippen LogP contribution in [0.3, 0.4) is 0 Å². The Morgan fingerprint density at radius 1 is 0.575 bits per heavy atom. The first kappa shape index (κ1) is 26.1. The monoisotopic (exact) mass is 574 g/mol. The van der Waals surface area contributed by atoms with Gasteiger partial charge in [-0.3, -0.25) is 0 Å². The maximum absolute atomic E-state index is 13.0. The van der Waals surface area contributed by atoms with E-state index in [-0.39, 0.29) is 0 Å². The molecule has 0 bridgehead atoms. The van der Waals surface area contributed by atoms with Crippen LogP contribution in [0.4, 0.5) is 13.2 Å². The highest BCUT2D eigenvalue weighted by molar-refractivity contribution is 7.88. The third kappa shape index (κ3) is 4.24. The summed E-state index contributed by atoms with van der Waals surface area (Å²) >= 11 is 1.68. The lowest BCUT2D eigenvalue weighted by Gasteiger charge is -2.37. The van der Waals surface area contributed by atoms with Crippen LogP contribution in [0, 0.1) is 0 Å². The molecule has 0 saturated heterocycles. The third-order valence-corrected chi connectivity index (χ3v) is 9.20. The fraction of sp³-hybridized carbons (Fsp3) is 0.0625. The summed E-state index contributed by atoms with van der Waals surface area (Å²) in [7, 11) is -5.80. The Balaban J connectivity index is 1.66. The van der Waals surface area contributed by atoms with Crippen molar-refractivity contribution in [1.29, 1.82) is 0 Å². The molecule has 0 aliphatic rings. The summed E-state index contributed by atoms with van der Waals surface area (Å²) in [4.78, 5) is 0. The average Bonchev–Trinajstić information content (AvgIpc) is 3.34. The van der Waals surface area contributed by atoms with Crippen molar-refractivity contribution < 1.29 is 25.8 Å². The van der Waals surface area contributed by atoms with E-state index in [0.717, 1.165) is 42.4 Å². The molecule has 0 spiro atoms. The molecule has 0 fully saturated rings. The van der Waals surface area contributed by atoms with Crippen LogP contribution < -0.4 is 4.18 Å². The van der Waals surface area contributed by atoms with Crippen molar-refractivity contribution in [1.82, 2.24) is 0 Å². The topological polar surface area (TPSA) is 43.4 Å². The van der Waals surface area contributed by atoms with Gasteiger partial charge in [-0.2, -0.15) is 21.6 Å². The lowest BCUT2D eigenvalue weighted by Crippen LogP contribution is -2.31. The molecule has 0 aliphatic heterocycles. The second kappa shape index (κ2) is 9.80.